The zero-order valence-corrected chi connectivity index (χ0v) is 15.0. The summed E-state index contributed by atoms with van der Waals surface area (Å²) < 4.78 is 10.4. The summed E-state index contributed by atoms with van der Waals surface area (Å²) in [5.74, 6) is 0. The summed E-state index contributed by atoms with van der Waals surface area (Å²) in [6.45, 7) is 9.72. The van der Waals surface area contributed by atoms with E-state index in [4.69, 9.17) is 9.15 Å². The lowest BCUT2D eigenvalue weighted by Crippen LogP contribution is -2.48. The van der Waals surface area contributed by atoms with Crippen molar-refractivity contribution in [2.45, 2.75) is 27.3 Å². The Morgan fingerprint density at radius 1 is 1.12 bits per heavy atom. The minimum Gasteiger partial charge on any atom is -0.450 e. The van der Waals surface area contributed by atoms with Crippen molar-refractivity contribution in [3.63, 3.8) is 0 Å². The number of hydrogen-bond donors (Lipinski definition) is 0. The molecule has 0 N–H and O–H groups in total. The fourth-order valence-electron chi connectivity index (χ4n) is 3.16. The number of nitrogens with zero attached hydrogens (tertiary/aromatic N) is 2. The van der Waals surface area contributed by atoms with Crippen molar-refractivity contribution < 1.29 is 13.9 Å². The molecule has 0 atom stereocenters. The minimum atomic E-state index is -0.323. The minimum absolute atomic E-state index is 0.251. The van der Waals surface area contributed by atoms with Crippen molar-refractivity contribution in [1.82, 2.24) is 9.80 Å². The van der Waals surface area contributed by atoms with Crippen molar-refractivity contribution >= 4 is 17.1 Å². The summed E-state index contributed by atoms with van der Waals surface area (Å²) in [4.78, 5) is 27.7. The molecule has 2 aromatic rings. The summed E-state index contributed by atoms with van der Waals surface area (Å²) in [5.41, 5.74) is 3.57. The maximum absolute atomic E-state index is 11.9. The van der Waals surface area contributed by atoms with E-state index in [9.17, 15) is 9.59 Å². The van der Waals surface area contributed by atoms with Crippen LogP contribution in [0.25, 0.3) is 11.0 Å². The molecule has 0 saturated carbocycles. The van der Waals surface area contributed by atoms with Gasteiger partial charge in [-0.1, -0.05) is 0 Å². The number of hydrogen-bond acceptors (Lipinski definition) is 5. The number of piperazine rings is 1. The first-order valence-corrected chi connectivity index (χ1v) is 8.66. The fourth-order valence-corrected chi connectivity index (χ4v) is 3.16. The van der Waals surface area contributed by atoms with Crippen molar-refractivity contribution in [3.8, 4) is 0 Å². The van der Waals surface area contributed by atoms with E-state index in [1.165, 1.54) is 5.56 Å². The average Bonchev–Trinajstić information content (AvgIpc) is 2.57. The van der Waals surface area contributed by atoms with Gasteiger partial charge in [0.1, 0.15) is 5.58 Å². The molecule has 1 amide bonds. The van der Waals surface area contributed by atoms with Crippen LogP contribution in [-0.2, 0) is 11.3 Å². The molecule has 0 spiro atoms. The molecule has 1 aliphatic rings. The standard InChI is InChI=1S/C19H24N2O4/c1-4-24-19(23)21-7-5-20(6-8-21)12-15-11-18(22)25-17-10-14(3)13(2)9-16(15)17/h9-11H,4-8,12H2,1-3H3. The van der Waals surface area contributed by atoms with Crippen molar-refractivity contribution in [2.24, 2.45) is 0 Å². The third-order valence-electron chi connectivity index (χ3n) is 4.74. The zero-order chi connectivity index (χ0) is 18.0. The van der Waals surface area contributed by atoms with E-state index in [0.717, 1.165) is 29.6 Å². The Bertz CT molecular complexity index is 835. The zero-order valence-electron chi connectivity index (χ0n) is 15.0. The first-order chi connectivity index (χ1) is 12.0. The molecular formula is C19H24N2O4. The van der Waals surface area contributed by atoms with Gasteiger partial charge in [-0.15, -0.1) is 0 Å². The Kier molecular flexibility index (Phi) is 5.08. The van der Waals surface area contributed by atoms with Crippen LogP contribution < -0.4 is 5.63 Å². The molecule has 0 radical (unpaired) electrons. The van der Waals surface area contributed by atoms with Gasteiger partial charge in [-0.25, -0.2) is 9.59 Å². The molecule has 1 saturated heterocycles. The first-order valence-electron chi connectivity index (χ1n) is 8.66. The highest BCUT2D eigenvalue weighted by molar-refractivity contribution is 5.81. The van der Waals surface area contributed by atoms with Gasteiger partial charge < -0.3 is 14.1 Å². The van der Waals surface area contributed by atoms with Gasteiger partial charge in [0.05, 0.1) is 6.61 Å². The second kappa shape index (κ2) is 7.27. The first kappa shape index (κ1) is 17.5. The smallest absolute Gasteiger partial charge is 0.409 e. The number of carbonyl (C=O) groups excluding carboxylic acids is 1. The third-order valence-corrected chi connectivity index (χ3v) is 4.74. The van der Waals surface area contributed by atoms with Crippen LogP contribution in [0.3, 0.4) is 0 Å². The normalized spacial score (nSPS) is 15.6. The van der Waals surface area contributed by atoms with Gasteiger partial charge in [-0.05, 0) is 49.6 Å². The van der Waals surface area contributed by atoms with E-state index >= 15 is 0 Å². The molecule has 0 unspecified atom stereocenters. The van der Waals surface area contributed by atoms with Crippen molar-refractivity contribution in [2.75, 3.05) is 32.8 Å². The Morgan fingerprint density at radius 3 is 2.48 bits per heavy atom. The van der Waals surface area contributed by atoms with Crippen LogP contribution in [0, 0.1) is 13.8 Å². The quantitative estimate of drug-likeness (QED) is 0.801. The van der Waals surface area contributed by atoms with Gasteiger partial charge in [-0.2, -0.15) is 0 Å². The molecule has 134 valence electrons. The van der Waals surface area contributed by atoms with E-state index in [2.05, 4.69) is 17.9 Å². The number of benzene rings is 1. The predicted octanol–water partition coefficient (Wildman–Crippen LogP) is 2.68. The third kappa shape index (κ3) is 3.85. The molecule has 1 aromatic heterocycles. The Hall–Kier alpha value is -2.34. The van der Waals surface area contributed by atoms with Gasteiger partial charge in [-0.3, -0.25) is 4.90 Å². The molecule has 1 fully saturated rings. The molecule has 3 rings (SSSR count). The summed E-state index contributed by atoms with van der Waals surface area (Å²) in [7, 11) is 0. The maximum atomic E-state index is 11.9. The SMILES string of the molecule is CCOC(=O)N1CCN(Cc2cc(=O)oc3cc(C)c(C)cc23)CC1. The van der Waals surface area contributed by atoms with Crippen LogP contribution in [0.2, 0.25) is 0 Å². The maximum Gasteiger partial charge on any atom is 0.409 e. The number of fused-ring (bicyclic) bond motifs is 1. The van der Waals surface area contributed by atoms with Gasteiger partial charge in [0, 0.05) is 44.2 Å². The molecule has 0 aliphatic carbocycles. The molecule has 25 heavy (non-hydrogen) atoms. The van der Waals surface area contributed by atoms with Crippen LogP contribution in [0.4, 0.5) is 4.79 Å². The molecule has 0 bridgehead atoms. The summed E-state index contributed by atoms with van der Waals surface area (Å²) in [6, 6.07) is 5.58. The predicted molar refractivity (Wildman–Crippen MR) is 95.8 cm³/mol. The van der Waals surface area contributed by atoms with Crippen LogP contribution in [0.5, 0.6) is 0 Å². The van der Waals surface area contributed by atoms with Gasteiger partial charge in [0.2, 0.25) is 0 Å². The van der Waals surface area contributed by atoms with E-state index < -0.39 is 0 Å². The van der Waals surface area contributed by atoms with Crippen LogP contribution >= 0.6 is 0 Å². The Morgan fingerprint density at radius 2 is 1.80 bits per heavy atom. The topological polar surface area (TPSA) is 63.0 Å². The number of carbonyl (C=O) groups is 1. The number of ether oxygens (including phenoxy) is 1. The van der Waals surface area contributed by atoms with E-state index in [1.54, 1.807) is 11.0 Å². The molecule has 1 aromatic carbocycles. The van der Waals surface area contributed by atoms with E-state index in [0.29, 0.717) is 31.8 Å². The molecule has 6 heteroatoms. The van der Waals surface area contributed by atoms with Crippen LogP contribution in [0.1, 0.15) is 23.6 Å². The molecule has 2 heterocycles. The van der Waals surface area contributed by atoms with Gasteiger partial charge >= 0.3 is 11.7 Å². The Balaban J connectivity index is 1.77. The fraction of sp³-hybridized carbons (Fsp3) is 0.474. The van der Waals surface area contributed by atoms with E-state index in [-0.39, 0.29) is 11.7 Å². The highest BCUT2D eigenvalue weighted by Crippen LogP contribution is 2.23. The summed E-state index contributed by atoms with van der Waals surface area (Å²) in [5, 5.41) is 0.982. The average molecular weight is 344 g/mol. The molecule has 1 aliphatic heterocycles. The number of aryl methyl sites for hydroxylation is 2. The largest absolute Gasteiger partial charge is 0.450 e. The number of amides is 1. The van der Waals surface area contributed by atoms with Crippen LogP contribution in [-0.4, -0.2) is 48.7 Å². The van der Waals surface area contributed by atoms with E-state index in [1.807, 2.05) is 19.9 Å². The van der Waals surface area contributed by atoms with Crippen molar-refractivity contribution in [1.29, 1.82) is 0 Å². The summed E-state index contributed by atoms with van der Waals surface area (Å²) in [6.07, 6.45) is -0.251. The second-order valence-electron chi connectivity index (χ2n) is 6.49. The Labute approximate surface area is 147 Å². The highest BCUT2D eigenvalue weighted by atomic mass is 16.6. The van der Waals surface area contributed by atoms with Crippen molar-refractivity contribution in [3.05, 3.63) is 45.3 Å². The number of rotatable bonds is 3. The lowest BCUT2D eigenvalue weighted by Gasteiger charge is -2.34. The second-order valence-corrected chi connectivity index (χ2v) is 6.49. The van der Waals surface area contributed by atoms with Crippen LogP contribution in [0.15, 0.2) is 27.4 Å². The molecule has 6 nitrogen and oxygen atoms in total. The monoisotopic (exact) mass is 344 g/mol. The van der Waals surface area contributed by atoms with Gasteiger partial charge in [0.15, 0.2) is 0 Å². The lowest BCUT2D eigenvalue weighted by molar-refractivity contribution is 0.0779. The molecular weight excluding hydrogens is 320 g/mol. The summed E-state index contributed by atoms with van der Waals surface area (Å²) >= 11 is 0. The highest BCUT2D eigenvalue weighted by Gasteiger charge is 2.22. The van der Waals surface area contributed by atoms with Gasteiger partial charge in [0.25, 0.3) is 0 Å². The lowest BCUT2D eigenvalue weighted by atomic mass is 10.0.